The van der Waals surface area contributed by atoms with Gasteiger partial charge >= 0.3 is 0 Å². The molecule has 0 unspecified atom stereocenters. The van der Waals surface area contributed by atoms with Crippen molar-refractivity contribution in [3.8, 4) is 5.82 Å². The second kappa shape index (κ2) is 7.50. The minimum Gasteiger partial charge on any atom is -0.352 e. The molecule has 1 aliphatic rings. The van der Waals surface area contributed by atoms with Crippen LogP contribution in [0.15, 0.2) is 41.3 Å². The number of aromatic nitrogens is 5. The Bertz CT molecular complexity index is 1090. The summed E-state index contributed by atoms with van der Waals surface area (Å²) in [5.41, 5.74) is 1.87. The van der Waals surface area contributed by atoms with E-state index >= 15 is 0 Å². The van der Waals surface area contributed by atoms with Crippen LogP contribution in [-0.4, -0.2) is 61.5 Å². The zero-order valence-electron chi connectivity index (χ0n) is 16.7. The molecule has 0 saturated carbocycles. The Hall–Kier alpha value is -3.49. The molecule has 0 bridgehead atoms. The maximum Gasteiger partial charge on any atom is 0.263 e. The van der Waals surface area contributed by atoms with E-state index in [2.05, 4.69) is 20.2 Å². The van der Waals surface area contributed by atoms with Gasteiger partial charge in [-0.25, -0.2) is 4.68 Å². The van der Waals surface area contributed by atoms with Crippen molar-refractivity contribution in [2.45, 2.75) is 13.8 Å². The smallest absolute Gasteiger partial charge is 0.263 e. The molecule has 29 heavy (non-hydrogen) atoms. The fraction of sp³-hybridized carbons (Fsp3) is 0.350. The van der Waals surface area contributed by atoms with Crippen LogP contribution in [0.2, 0.25) is 0 Å². The van der Waals surface area contributed by atoms with E-state index in [1.807, 2.05) is 32.0 Å². The summed E-state index contributed by atoms with van der Waals surface area (Å²) >= 11 is 0. The quantitative estimate of drug-likeness (QED) is 0.658. The van der Waals surface area contributed by atoms with Crippen LogP contribution in [0.1, 0.15) is 21.7 Å². The third-order valence-corrected chi connectivity index (χ3v) is 5.11. The van der Waals surface area contributed by atoms with Gasteiger partial charge in [0, 0.05) is 45.1 Å². The molecule has 0 radical (unpaired) electrons. The summed E-state index contributed by atoms with van der Waals surface area (Å²) in [6.45, 7) is 6.23. The number of piperazine rings is 1. The summed E-state index contributed by atoms with van der Waals surface area (Å²) in [6.07, 6.45) is 1.64. The van der Waals surface area contributed by atoms with Crippen LogP contribution < -0.4 is 10.5 Å². The highest BCUT2D eigenvalue weighted by Crippen LogP contribution is 2.16. The zero-order chi connectivity index (χ0) is 20.5. The van der Waals surface area contributed by atoms with Crippen LogP contribution in [0.25, 0.3) is 5.82 Å². The fourth-order valence-electron chi connectivity index (χ4n) is 3.53. The molecule has 1 saturated heterocycles. The number of pyridine rings is 1. The predicted octanol–water partition coefficient (Wildman–Crippen LogP) is 0.940. The van der Waals surface area contributed by atoms with Crippen LogP contribution in [-0.2, 0) is 7.05 Å². The van der Waals surface area contributed by atoms with Gasteiger partial charge in [0.25, 0.3) is 11.5 Å². The van der Waals surface area contributed by atoms with Crippen molar-refractivity contribution >= 4 is 11.7 Å². The zero-order valence-corrected chi connectivity index (χ0v) is 16.7. The molecular formula is C20H23N7O2. The highest BCUT2D eigenvalue weighted by molar-refractivity contribution is 5.94. The number of hydrogen-bond donors (Lipinski definition) is 0. The first kappa shape index (κ1) is 18.9. The maximum atomic E-state index is 12.7. The average molecular weight is 393 g/mol. The van der Waals surface area contributed by atoms with E-state index in [1.54, 1.807) is 35.0 Å². The molecular weight excluding hydrogens is 370 g/mol. The van der Waals surface area contributed by atoms with Crippen LogP contribution >= 0.6 is 0 Å². The molecule has 0 aromatic carbocycles. The first-order chi connectivity index (χ1) is 13.9. The lowest BCUT2D eigenvalue weighted by molar-refractivity contribution is 0.0744. The summed E-state index contributed by atoms with van der Waals surface area (Å²) in [4.78, 5) is 28.7. The van der Waals surface area contributed by atoms with Crippen molar-refractivity contribution in [3.63, 3.8) is 0 Å². The summed E-state index contributed by atoms with van der Waals surface area (Å²) in [5.74, 6) is 1.21. The van der Waals surface area contributed by atoms with Crippen molar-refractivity contribution < 1.29 is 4.79 Å². The molecule has 0 spiro atoms. The fourth-order valence-corrected chi connectivity index (χ4v) is 3.53. The lowest BCUT2D eigenvalue weighted by Gasteiger charge is -2.35. The van der Waals surface area contributed by atoms with E-state index in [-0.39, 0.29) is 17.0 Å². The van der Waals surface area contributed by atoms with E-state index in [0.717, 1.165) is 17.2 Å². The van der Waals surface area contributed by atoms with Gasteiger partial charge < -0.3 is 14.4 Å². The Balaban J connectivity index is 1.43. The molecule has 150 valence electrons. The number of aryl methyl sites for hydroxylation is 3. The van der Waals surface area contributed by atoms with Gasteiger partial charge in [-0.15, -0.1) is 10.2 Å². The molecule has 1 aliphatic heterocycles. The van der Waals surface area contributed by atoms with Crippen LogP contribution in [0, 0.1) is 13.8 Å². The van der Waals surface area contributed by atoms with Gasteiger partial charge in [0.15, 0.2) is 11.6 Å². The number of nitrogens with zero attached hydrogens (tertiary/aromatic N) is 7. The Labute approximate surface area is 168 Å². The van der Waals surface area contributed by atoms with E-state index in [9.17, 15) is 9.59 Å². The number of rotatable bonds is 3. The second-order valence-electron chi connectivity index (χ2n) is 7.21. The van der Waals surface area contributed by atoms with Crippen LogP contribution in [0.4, 0.5) is 5.82 Å². The van der Waals surface area contributed by atoms with Gasteiger partial charge in [0.05, 0.1) is 5.69 Å². The number of amides is 1. The standard InChI is InChI=1S/C20H23N7O2/c1-14-13-15(2)27(23-14)18-7-6-17(21-22-18)25-9-11-26(12-10-25)20(29)16-5-4-8-24(3)19(16)28/h4-8,13H,9-12H2,1-3H3. The van der Waals surface area contributed by atoms with Crippen molar-refractivity contribution in [1.29, 1.82) is 0 Å². The van der Waals surface area contributed by atoms with Crippen LogP contribution in [0.3, 0.4) is 0 Å². The van der Waals surface area contributed by atoms with Crippen LogP contribution in [0.5, 0.6) is 0 Å². The molecule has 9 heteroatoms. The van der Waals surface area contributed by atoms with Crippen molar-refractivity contribution in [3.05, 3.63) is 63.8 Å². The highest BCUT2D eigenvalue weighted by Gasteiger charge is 2.25. The minimum absolute atomic E-state index is 0.206. The van der Waals surface area contributed by atoms with Crippen molar-refractivity contribution in [2.75, 3.05) is 31.1 Å². The SMILES string of the molecule is Cc1cc(C)n(-c2ccc(N3CCN(C(=O)c4cccn(C)c4=O)CC3)nn2)n1. The van der Waals surface area contributed by atoms with Gasteiger partial charge in [0.2, 0.25) is 0 Å². The first-order valence-electron chi connectivity index (χ1n) is 9.51. The third kappa shape index (κ3) is 3.63. The van der Waals surface area contributed by atoms with Gasteiger partial charge in [-0.2, -0.15) is 5.10 Å². The third-order valence-electron chi connectivity index (χ3n) is 5.11. The Morgan fingerprint density at radius 3 is 2.31 bits per heavy atom. The number of carbonyl (C=O) groups is 1. The molecule has 3 aromatic rings. The van der Waals surface area contributed by atoms with Gasteiger partial charge in [0.1, 0.15) is 5.56 Å². The topological polar surface area (TPSA) is 89.1 Å². The second-order valence-corrected chi connectivity index (χ2v) is 7.21. The molecule has 0 aliphatic carbocycles. The van der Waals surface area contributed by atoms with Crippen molar-refractivity contribution in [2.24, 2.45) is 7.05 Å². The summed E-state index contributed by atoms with van der Waals surface area (Å²) in [6, 6.07) is 9.10. The Kier molecular flexibility index (Phi) is 4.87. The lowest BCUT2D eigenvalue weighted by atomic mass is 10.2. The first-order valence-corrected chi connectivity index (χ1v) is 9.51. The maximum absolute atomic E-state index is 12.7. The summed E-state index contributed by atoms with van der Waals surface area (Å²) in [7, 11) is 1.64. The van der Waals surface area contributed by atoms with Gasteiger partial charge in [-0.3, -0.25) is 9.59 Å². The molecule has 1 fully saturated rings. The van der Waals surface area contributed by atoms with E-state index in [1.165, 1.54) is 4.57 Å². The normalized spacial score (nSPS) is 14.3. The van der Waals surface area contributed by atoms with E-state index < -0.39 is 0 Å². The molecule has 0 atom stereocenters. The molecule has 4 rings (SSSR count). The summed E-state index contributed by atoms with van der Waals surface area (Å²) in [5, 5.41) is 13.1. The minimum atomic E-state index is -0.273. The predicted molar refractivity (Wildman–Crippen MR) is 108 cm³/mol. The molecule has 4 heterocycles. The number of carbonyl (C=O) groups excluding carboxylic acids is 1. The van der Waals surface area contributed by atoms with Gasteiger partial charge in [-0.1, -0.05) is 0 Å². The lowest BCUT2D eigenvalue weighted by Crippen LogP contribution is -2.50. The molecule has 9 nitrogen and oxygen atoms in total. The largest absolute Gasteiger partial charge is 0.352 e. The number of hydrogen-bond acceptors (Lipinski definition) is 6. The molecule has 0 N–H and O–H groups in total. The Morgan fingerprint density at radius 2 is 1.69 bits per heavy atom. The molecule has 1 amide bonds. The summed E-state index contributed by atoms with van der Waals surface area (Å²) < 4.78 is 3.19. The van der Waals surface area contributed by atoms with Gasteiger partial charge in [-0.05, 0) is 44.2 Å². The van der Waals surface area contributed by atoms with Crippen molar-refractivity contribution in [1.82, 2.24) is 29.4 Å². The van der Waals surface area contributed by atoms with E-state index in [0.29, 0.717) is 32.0 Å². The average Bonchev–Trinajstić information content (AvgIpc) is 3.08. The highest BCUT2D eigenvalue weighted by atomic mass is 16.2. The Morgan fingerprint density at radius 1 is 1.00 bits per heavy atom. The van der Waals surface area contributed by atoms with E-state index in [4.69, 9.17) is 0 Å². The number of anilines is 1. The monoisotopic (exact) mass is 393 g/mol. The molecule has 3 aromatic heterocycles.